The van der Waals surface area contributed by atoms with Crippen LogP contribution in [0.15, 0.2) is 4.52 Å². The van der Waals surface area contributed by atoms with Gasteiger partial charge in [0.15, 0.2) is 0 Å². The highest BCUT2D eigenvalue weighted by Gasteiger charge is 2.23. The van der Waals surface area contributed by atoms with Crippen molar-refractivity contribution in [1.29, 1.82) is 0 Å². The zero-order valence-electron chi connectivity index (χ0n) is 9.54. The van der Waals surface area contributed by atoms with Gasteiger partial charge in [0.2, 0.25) is 11.8 Å². The van der Waals surface area contributed by atoms with Gasteiger partial charge < -0.3 is 20.7 Å². The first kappa shape index (κ1) is 13.6. The number of amides is 2. The van der Waals surface area contributed by atoms with Crippen LogP contribution in [0.3, 0.4) is 0 Å². The van der Waals surface area contributed by atoms with E-state index in [0.717, 1.165) is 0 Å². The Bertz CT molecular complexity index is 469. The van der Waals surface area contributed by atoms with Crippen LogP contribution in [-0.2, 0) is 9.59 Å². The molecule has 0 aliphatic heterocycles. The first-order valence-corrected chi connectivity index (χ1v) is 5.02. The molecule has 0 aliphatic carbocycles. The normalized spacial score (nSPS) is 11.8. The summed E-state index contributed by atoms with van der Waals surface area (Å²) < 4.78 is 4.58. The molecule has 0 saturated heterocycles. The predicted octanol–water partition coefficient (Wildman–Crippen LogP) is -1.17. The molecule has 98 valence electrons. The molecule has 0 fully saturated rings. The number of nitrogens with two attached hydrogens (primary N) is 1. The largest absolute Gasteiger partial charge is 0.480 e. The highest BCUT2D eigenvalue weighted by molar-refractivity contribution is 5.93. The van der Waals surface area contributed by atoms with Gasteiger partial charge in [-0.25, -0.2) is 4.79 Å². The topological polar surface area (TPSA) is 148 Å². The number of aryl methyl sites for hydroxylation is 1. The summed E-state index contributed by atoms with van der Waals surface area (Å²) in [6.07, 6.45) is -0.254. The van der Waals surface area contributed by atoms with Crippen LogP contribution in [0.2, 0.25) is 0 Å². The number of carboxylic acids is 1. The van der Waals surface area contributed by atoms with Crippen LogP contribution in [0.5, 0.6) is 0 Å². The third-order valence-electron chi connectivity index (χ3n) is 2.01. The summed E-state index contributed by atoms with van der Waals surface area (Å²) in [6, 6.07) is -1.23. The predicted molar refractivity (Wildman–Crippen MR) is 56.4 cm³/mol. The Balaban J connectivity index is 2.63. The number of primary amides is 1. The first-order valence-electron chi connectivity index (χ1n) is 5.02. The zero-order valence-corrected chi connectivity index (χ0v) is 9.54. The number of carbonyl (C=O) groups is 3. The summed E-state index contributed by atoms with van der Waals surface area (Å²) in [5, 5.41) is 14.4. The molecular formula is C9H12N4O5. The molecule has 9 heteroatoms. The van der Waals surface area contributed by atoms with E-state index in [-0.39, 0.29) is 24.6 Å². The van der Waals surface area contributed by atoms with Crippen LogP contribution in [0.1, 0.15) is 29.4 Å². The van der Waals surface area contributed by atoms with Gasteiger partial charge in [-0.15, -0.1) is 0 Å². The van der Waals surface area contributed by atoms with Gasteiger partial charge in [0.05, 0.1) is 0 Å². The average molecular weight is 256 g/mol. The molecule has 0 unspecified atom stereocenters. The number of nitrogens with zero attached hydrogens (tertiary/aromatic N) is 2. The summed E-state index contributed by atoms with van der Waals surface area (Å²) in [5.74, 6) is -2.79. The van der Waals surface area contributed by atoms with Crippen molar-refractivity contribution in [2.45, 2.75) is 25.8 Å². The lowest BCUT2D eigenvalue weighted by molar-refractivity contribution is -0.139. The number of aliphatic carboxylic acids is 1. The number of hydrogen-bond donors (Lipinski definition) is 3. The van der Waals surface area contributed by atoms with Crippen LogP contribution in [0.4, 0.5) is 0 Å². The van der Waals surface area contributed by atoms with Crippen molar-refractivity contribution < 1.29 is 24.0 Å². The fraction of sp³-hybridized carbons (Fsp3) is 0.444. The second-order valence-electron chi connectivity index (χ2n) is 3.51. The van der Waals surface area contributed by atoms with Gasteiger partial charge in [-0.1, -0.05) is 5.16 Å². The van der Waals surface area contributed by atoms with E-state index in [1.807, 2.05) is 0 Å². The highest BCUT2D eigenvalue weighted by atomic mass is 16.5. The van der Waals surface area contributed by atoms with Gasteiger partial charge in [0, 0.05) is 13.3 Å². The van der Waals surface area contributed by atoms with Gasteiger partial charge in [0.25, 0.3) is 11.7 Å². The second kappa shape index (κ2) is 5.75. The van der Waals surface area contributed by atoms with Crippen molar-refractivity contribution in [1.82, 2.24) is 15.5 Å². The van der Waals surface area contributed by atoms with Gasteiger partial charge in [-0.2, -0.15) is 4.98 Å². The fourth-order valence-corrected chi connectivity index (χ4v) is 1.16. The Morgan fingerprint density at radius 1 is 1.50 bits per heavy atom. The van der Waals surface area contributed by atoms with Crippen LogP contribution < -0.4 is 11.1 Å². The summed E-state index contributed by atoms with van der Waals surface area (Å²) in [4.78, 5) is 36.6. The molecular weight excluding hydrogens is 244 g/mol. The Kier molecular flexibility index (Phi) is 4.35. The molecule has 0 bridgehead atoms. The van der Waals surface area contributed by atoms with Gasteiger partial charge in [0.1, 0.15) is 6.04 Å². The second-order valence-corrected chi connectivity index (χ2v) is 3.51. The minimum absolute atomic E-state index is 0.104. The molecule has 0 radical (unpaired) electrons. The Labute approximate surface area is 101 Å². The van der Waals surface area contributed by atoms with Crippen molar-refractivity contribution in [2.24, 2.45) is 5.73 Å². The summed E-state index contributed by atoms with van der Waals surface area (Å²) in [6.45, 7) is 1.49. The molecule has 0 aromatic carbocycles. The van der Waals surface area contributed by atoms with E-state index in [1.165, 1.54) is 6.92 Å². The van der Waals surface area contributed by atoms with E-state index < -0.39 is 23.8 Å². The monoisotopic (exact) mass is 256 g/mol. The summed E-state index contributed by atoms with van der Waals surface area (Å²) in [7, 11) is 0. The van der Waals surface area contributed by atoms with Crippen molar-refractivity contribution in [3.8, 4) is 0 Å². The third-order valence-corrected chi connectivity index (χ3v) is 2.01. The van der Waals surface area contributed by atoms with E-state index >= 15 is 0 Å². The van der Waals surface area contributed by atoms with E-state index in [2.05, 4.69) is 20.0 Å². The molecule has 1 heterocycles. The van der Waals surface area contributed by atoms with E-state index in [9.17, 15) is 14.4 Å². The molecule has 9 nitrogen and oxygen atoms in total. The third kappa shape index (κ3) is 3.85. The fourth-order valence-electron chi connectivity index (χ4n) is 1.16. The number of carbonyl (C=O) groups excluding carboxylic acids is 2. The minimum Gasteiger partial charge on any atom is -0.480 e. The zero-order chi connectivity index (χ0) is 13.7. The quantitative estimate of drug-likeness (QED) is 0.580. The van der Waals surface area contributed by atoms with E-state index in [1.54, 1.807) is 0 Å². The molecule has 18 heavy (non-hydrogen) atoms. The van der Waals surface area contributed by atoms with E-state index in [4.69, 9.17) is 10.8 Å². The Morgan fingerprint density at radius 2 is 2.17 bits per heavy atom. The standard InChI is InChI=1S/C9H12N4O5/c1-4-11-7(13-18-4)8(15)12-5(9(16)17)2-3-6(10)14/h5H,2-3H2,1H3,(H2,10,14)(H,12,15)(H,16,17)/t5-/m1/s1. The molecule has 0 spiro atoms. The molecule has 1 aromatic rings. The SMILES string of the molecule is Cc1nc(C(=O)N[C@H](CCC(N)=O)C(=O)O)no1. The molecule has 1 atom stereocenters. The first-order chi connectivity index (χ1) is 8.40. The van der Waals surface area contributed by atoms with Crippen LogP contribution >= 0.6 is 0 Å². The maximum Gasteiger partial charge on any atom is 0.326 e. The lowest BCUT2D eigenvalue weighted by Crippen LogP contribution is -2.41. The number of carboxylic acid groups (broad SMARTS) is 1. The Morgan fingerprint density at radius 3 is 2.61 bits per heavy atom. The van der Waals surface area contributed by atoms with Crippen molar-refractivity contribution >= 4 is 17.8 Å². The maximum absolute atomic E-state index is 11.5. The smallest absolute Gasteiger partial charge is 0.326 e. The molecule has 4 N–H and O–H groups in total. The molecule has 1 rings (SSSR count). The van der Waals surface area contributed by atoms with Crippen LogP contribution in [-0.4, -0.2) is 39.1 Å². The Hall–Kier alpha value is -2.45. The number of nitrogens with one attached hydrogen (secondary N) is 1. The lowest BCUT2D eigenvalue weighted by Gasteiger charge is -2.11. The van der Waals surface area contributed by atoms with E-state index in [0.29, 0.717) is 0 Å². The summed E-state index contributed by atoms with van der Waals surface area (Å²) in [5.41, 5.74) is 4.90. The average Bonchev–Trinajstić information content (AvgIpc) is 2.70. The molecule has 0 aliphatic rings. The van der Waals surface area contributed by atoms with Crippen LogP contribution in [0.25, 0.3) is 0 Å². The van der Waals surface area contributed by atoms with Gasteiger partial charge >= 0.3 is 5.97 Å². The van der Waals surface area contributed by atoms with Crippen molar-refractivity contribution in [2.75, 3.05) is 0 Å². The molecule has 1 aromatic heterocycles. The molecule has 0 saturated carbocycles. The van der Waals surface area contributed by atoms with Crippen molar-refractivity contribution in [3.05, 3.63) is 11.7 Å². The lowest BCUT2D eigenvalue weighted by atomic mass is 10.1. The molecule has 2 amide bonds. The number of hydrogen-bond acceptors (Lipinski definition) is 6. The van der Waals surface area contributed by atoms with Crippen molar-refractivity contribution in [3.63, 3.8) is 0 Å². The number of rotatable bonds is 6. The maximum atomic E-state index is 11.5. The number of aromatic nitrogens is 2. The minimum atomic E-state index is -1.27. The highest BCUT2D eigenvalue weighted by Crippen LogP contribution is 2.00. The van der Waals surface area contributed by atoms with Crippen LogP contribution in [0, 0.1) is 6.92 Å². The summed E-state index contributed by atoms with van der Waals surface area (Å²) >= 11 is 0. The van der Waals surface area contributed by atoms with Gasteiger partial charge in [-0.05, 0) is 6.42 Å². The van der Waals surface area contributed by atoms with Gasteiger partial charge in [-0.3, -0.25) is 9.59 Å².